The molecule has 0 bridgehead atoms. The van der Waals surface area contributed by atoms with Gasteiger partial charge in [0.25, 0.3) is 0 Å². The number of carbonyl (C=O) groups is 2. The zero-order valence-electron chi connectivity index (χ0n) is 21.8. The van der Waals surface area contributed by atoms with Crippen molar-refractivity contribution in [3.8, 4) is 0 Å². The van der Waals surface area contributed by atoms with Gasteiger partial charge in [0.1, 0.15) is 6.04 Å². The monoisotopic (exact) mass is 514 g/mol. The molecule has 3 aromatic rings. The van der Waals surface area contributed by atoms with Gasteiger partial charge in [0.2, 0.25) is 11.8 Å². The number of thioether (sulfide) groups is 1. The zero-order chi connectivity index (χ0) is 25.9. The van der Waals surface area contributed by atoms with E-state index in [-0.39, 0.29) is 17.9 Å². The Morgan fingerprint density at radius 1 is 0.865 bits per heavy atom. The predicted molar refractivity (Wildman–Crippen MR) is 153 cm³/mol. The molecule has 1 saturated carbocycles. The van der Waals surface area contributed by atoms with Crippen molar-refractivity contribution in [1.82, 2.24) is 10.2 Å². The summed E-state index contributed by atoms with van der Waals surface area (Å²) in [5, 5.41) is 3.31. The van der Waals surface area contributed by atoms with Crippen LogP contribution in [-0.2, 0) is 28.3 Å². The van der Waals surface area contributed by atoms with Gasteiger partial charge in [0.15, 0.2) is 0 Å². The molecule has 3 aromatic carbocycles. The molecule has 4 rings (SSSR count). The summed E-state index contributed by atoms with van der Waals surface area (Å²) in [6.45, 7) is 2.50. The molecular formula is C32H38N2O2S. The molecule has 2 amide bonds. The minimum Gasteiger partial charge on any atom is -0.352 e. The summed E-state index contributed by atoms with van der Waals surface area (Å²) >= 11 is 1.61. The second-order valence-electron chi connectivity index (χ2n) is 10.0. The van der Waals surface area contributed by atoms with E-state index in [0.29, 0.717) is 18.7 Å². The number of amides is 2. The molecule has 0 aromatic heterocycles. The summed E-state index contributed by atoms with van der Waals surface area (Å²) in [5.41, 5.74) is 4.52. The van der Waals surface area contributed by atoms with Gasteiger partial charge in [-0.25, -0.2) is 0 Å². The van der Waals surface area contributed by atoms with Crippen molar-refractivity contribution < 1.29 is 9.59 Å². The highest BCUT2D eigenvalue weighted by Crippen LogP contribution is 2.21. The highest BCUT2D eigenvalue weighted by molar-refractivity contribution is 7.99. The van der Waals surface area contributed by atoms with E-state index >= 15 is 0 Å². The fourth-order valence-corrected chi connectivity index (χ4v) is 5.88. The number of aryl methyl sites for hydroxylation is 1. The first kappa shape index (κ1) is 27.0. The lowest BCUT2D eigenvalue weighted by molar-refractivity contribution is -0.139. The van der Waals surface area contributed by atoms with Gasteiger partial charge in [-0.2, -0.15) is 0 Å². The predicted octanol–water partition coefficient (Wildman–Crippen LogP) is 6.32. The minimum absolute atomic E-state index is 0.00114. The average molecular weight is 515 g/mol. The maximum atomic E-state index is 13.8. The Labute approximate surface area is 225 Å². The standard InChI is InChI=1S/C32H38N2O2S/c1-25-12-11-17-28(20-25)23-37-24-31(35)34(22-27-15-7-3-8-16-27)30(21-26-13-5-2-6-14-26)32(36)33-29-18-9-4-10-19-29/h2-3,5-8,11-17,20,29-30H,4,9-10,18-19,21-24H2,1H3,(H,33,36)/t30-/m0/s1. The molecule has 0 aliphatic heterocycles. The van der Waals surface area contributed by atoms with Crippen LogP contribution in [0.2, 0.25) is 0 Å². The maximum absolute atomic E-state index is 13.8. The molecule has 0 radical (unpaired) electrons. The first-order valence-electron chi connectivity index (χ1n) is 13.4. The van der Waals surface area contributed by atoms with Crippen molar-refractivity contribution in [3.05, 3.63) is 107 Å². The Bertz CT molecular complexity index is 1130. The lowest BCUT2D eigenvalue weighted by Gasteiger charge is -2.33. The summed E-state index contributed by atoms with van der Waals surface area (Å²) in [5.74, 6) is 1.07. The van der Waals surface area contributed by atoms with Gasteiger partial charge in [-0.1, -0.05) is 110 Å². The molecule has 1 N–H and O–H groups in total. The molecule has 0 saturated heterocycles. The Morgan fingerprint density at radius 2 is 1.51 bits per heavy atom. The molecule has 194 valence electrons. The summed E-state index contributed by atoms with van der Waals surface area (Å²) < 4.78 is 0. The van der Waals surface area contributed by atoms with Gasteiger partial charge in [-0.05, 0) is 36.5 Å². The quantitative estimate of drug-likeness (QED) is 0.326. The van der Waals surface area contributed by atoms with Crippen molar-refractivity contribution in [2.45, 2.75) is 69.8 Å². The van der Waals surface area contributed by atoms with E-state index < -0.39 is 6.04 Å². The maximum Gasteiger partial charge on any atom is 0.243 e. The van der Waals surface area contributed by atoms with Crippen LogP contribution in [0.4, 0.5) is 0 Å². The number of benzene rings is 3. The van der Waals surface area contributed by atoms with Crippen molar-refractivity contribution in [2.24, 2.45) is 0 Å². The smallest absolute Gasteiger partial charge is 0.243 e. The van der Waals surface area contributed by atoms with E-state index in [9.17, 15) is 9.59 Å². The first-order chi connectivity index (χ1) is 18.1. The summed E-state index contributed by atoms with van der Waals surface area (Å²) in [6.07, 6.45) is 6.07. The van der Waals surface area contributed by atoms with E-state index in [1.54, 1.807) is 11.8 Å². The Morgan fingerprint density at radius 3 is 2.19 bits per heavy atom. The van der Waals surface area contributed by atoms with Crippen LogP contribution in [-0.4, -0.2) is 34.6 Å². The number of carbonyl (C=O) groups excluding carboxylic acids is 2. The van der Waals surface area contributed by atoms with Crippen LogP contribution < -0.4 is 5.32 Å². The molecule has 5 heteroatoms. The fourth-order valence-electron chi connectivity index (χ4n) is 5.02. The fraction of sp³-hybridized carbons (Fsp3) is 0.375. The zero-order valence-corrected chi connectivity index (χ0v) is 22.6. The third-order valence-electron chi connectivity index (χ3n) is 7.00. The van der Waals surface area contributed by atoms with E-state index in [0.717, 1.165) is 42.6 Å². The third-order valence-corrected chi connectivity index (χ3v) is 7.98. The van der Waals surface area contributed by atoms with Crippen LogP contribution in [0, 0.1) is 6.92 Å². The number of nitrogens with zero attached hydrogens (tertiary/aromatic N) is 1. The Balaban J connectivity index is 1.54. The highest BCUT2D eigenvalue weighted by atomic mass is 32.2. The lowest BCUT2D eigenvalue weighted by atomic mass is 9.94. The summed E-state index contributed by atoms with van der Waals surface area (Å²) in [6, 6.07) is 28.1. The molecule has 1 aliphatic rings. The van der Waals surface area contributed by atoms with Gasteiger partial charge in [-0.3, -0.25) is 9.59 Å². The highest BCUT2D eigenvalue weighted by Gasteiger charge is 2.31. The first-order valence-corrected chi connectivity index (χ1v) is 14.5. The average Bonchev–Trinajstić information content (AvgIpc) is 2.92. The summed E-state index contributed by atoms with van der Waals surface area (Å²) in [4.78, 5) is 29.3. The van der Waals surface area contributed by atoms with Crippen LogP contribution in [0.15, 0.2) is 84.9 Å². The second-order valence-corrected chi connectivity index (χ2v) is 11.0. The van der Waals surface area contributed by atoms with Gasteiger partial charge in [0, 0.05) is 24.8 Å². The molecule has 0 heterocycles. The second kappa shape index (κ2) is 14.0. The molecule has 1 aliphatic carbocycles. The van der Waals surface area contributed by atoms with Crippen molar-refractivity contribution in [3.63, 3.8) is 0 Å². The number of nitrogens with one attached hydrogen (secondary N) is 1. The SMILES string of the molecule is Cc1cccc(CSCC(=O)N(Cc2ccccc2)[C@@H](Cc2ccccc2)C(=O)NC2CCCCC2)c1. The number of hydrogen-bond donors (Lipinski definition) is 1. The largest absolute Gasteiger partial charge is 0.352 e. The van der Waals surface area contributed by atoms with Crippen LogP contribution in [0.25, 0.3) is 0 Å². The van der Waals surface area contributed by atoms with Crippen molar-refractivity contribution >= 4 is 23.6 Å². The van der Waals surface area contributed by atoms with Crippen molar-refractivity contribution in [1.29, 1.82) is 0 Å². The minimum atomic E-state index is -0.559. The molecule has 4 nitrogen and oxygen atoms in total. The van der Waals surface area contributed by atoms with Gasteiger partial charge in [-0.15, -0.1) is 11.8 Å². The van der Waals surface area contributed by atoms with E-state index in [2.05, 4.69) is 36.5 Å². The van der Waals surface area contributed by atoms with E-state index in [1.165, 1.54) is 17.5 Å². The third kappa shape index (κ3) is 8.50. The van der Waals surface area contributed by atoms with Crippen LogP contribution >= 0.6 is 11.8 Å². The van der Waals surface area contributed by atoms with Crippen LogP contribution in [0.5, 0.6) is 0 Å². The van der Waals surface area contributed by atoms with Crippen LogP contribution in [0.1, 0.15) is 54.4 Å². The Hall–Kier alpha value is -3.05. The van der Waals surface area contributed by atoms with Gasteiger partial charge in [0.05, 0.1) is 5.75 Å². The normalized spacial score (nSPS) is 14.6. The number of rotatable bonds is 11. The van der Waals surface area contributed by atoms with Gasteiger partial charge < -0.3 is 10.2 Å². The van der Waals surface area contributed by atoms with Gasteiger partial charge >= 0.3 is 0 Å². The molecule has 1 atom stereocenters. The van der Waals surface area contributed by atoms with Crippen LogP contribution in [0.3, 0.4) is 0 Å². The molecular weight excluding hydrogens is 476 g/mol. The Kier molecular flexibility index (Phi) is 10.2. The lowest BCUT2D eigenvalue weighted by Crippen LogP contribution is -2.53. The van der Waals surface area contributed by atoms with E-state index in [4.69, 9.17) is 0 Å². The topological polar surface area (TPSA) is 49.4 Å². The number of hydrogen-bond acceptors (Lipinski definition) is 3. The molecule has 1 fully saturated rings. The molecule has 0 spiro atoms. The molecule has 37 heavy (non-hydrogen) atoms. The summed E-state index contributed by atoms with van der Waals surface area (Å²) in [7, 11) is 0. The molecule has 0 unspecified atom stereocenters. The van der Waals surface area contributed by atoms with Crippen molar-refractivity contribution in [2.75, 3.05) is 5.75 Å². The van der Waals surface area contributed by atoms with E-state index in [1.807, 2.05) is 65.6 Å².